The highest BCUT2D eigenvalue weighted by atomic mass is 19.3. The maximum Gasteiger partial charge on any atom is 0.263 e. The van der Waals surface area contributed by atoms with E-state index in [1.165, 1.54) is 48.7 Å². The van der Waals surface area contributed by atoms with Crippen LogP contribution in [0.1, 0.15) is 35.1 Å². The molecule has 0 atom stereocenters. The SMILES string of the molecule is FC(F)c1ccc(CON=Cc2cccc(C(F)F)c2)cc1. The van der Waals surface area contributed by atoms with Gasteiger partial charge in [0.2, 0.25) is 0 Å². The standard InChI is InChI=1S/C16H13F4NO/c17-15(18)13-6-4-11(5-7-13)10-22-21-9-12-2-1-3-14(8-12)16(19)20/h1-9,15-16H,10H2. The van der Waals surface area contributed by atoms with Gasteiger partial charge in [-0.2, -0.15) is 0 Å². The minimum Gasteiger partial charge on any atom is -0.391 e. The van der Waals surface area contributed by atoms with Crippen LogP contribution in [0.25, 0.3) is 0 Å². The molecule has 6 heteroatoms. The highest BCUT2D eigenvalue weighted by molar-refractivity contribution is 5.79. The molecule has 22 heavy (non-hydrogen) atoms. The predicted octanol–water partition coefficient (Wildman–Crippen LogP) is 5.11. The molecule has 2 rings (SSSR count). The quantitative estimate of drug-likeness (QED) is 0.412. The van der Waals surface area contributed by atoms with Gasteiger partial charge < -0.3 is 4.84 Å². The lowest BCUT2D eigenvalue weighted by atomic mass is 10.1. The van der Waals surface area contributed by atoms with Crippen molar-refractivity contribution in [2.24, 2.45) is 5.16 Å². The molecule has 0 N–H and O–H groups in total. The van der Waals surface area contributed by atoms with Gasteiger partial charge >= 0.3 is 0 Å². The Morgan fingerprint density at radius 3 is 2.23 bits per heavy atom. The van der Waals surface area contributed by atoms with E-state index < -0.39 is 12.9 Å². The minimum atomic E-state index is -2.54. The molecular formula is C16H13F4NO. The highest BCUT2D eigenvalue weighted by Crippen LogP contribution is 2.19. The Balaban J connectivity index is 1.89. The van der Waals surface area contributed by atoms with E-state index in [4.69, 9.17) is 4.84 Å². The van der Waals surface area contributed by atoms with Crippen LogP contribution in [0.4, 0.5) is 17.6 Å². The number of hydrogen-bond acceptors (Lipinski definition) is 2. The van der Waals surface area contributed by atoms with Gasteiger partial charge in [0, 0.05) is 11.1 Å². The summed E-state index contributed by atoms with van der Waals surface area (Å²) in [5.74, 6) is 0. The molecule has 0 fully saturated rings. The predicted molar refractivity (Wildman–Crippen MR) is 75.2 cm³/mol. The molecule has 0 spiro atoms. The second kappa shape index (κ2) is 7.59. The van der Waals surface area contributed by atoms with E-state index in [1.807, 2.05) is 0 Å². The van der Waals surface area contributed by atoms with Crippen LogP contribution in [0, 0.1) is 0 Å². The van der Waals surface area contributed by atoms with Crippen molar-refractivity contribution in [3.05, 3.63) is 70.8 Å². The third-order valence-electron chi connectivity index (χ3n) is 2.90. The fourth-order valence-corrected chi connectivity index (χ4v) is 1.74. The van der Waals surface area contributed by atoms with Gasteiger partial charge in [-0.1, -0.05) is 47.6 Å². The van der Waals surface area contributed by atoms with Crippen LogP contribution in [0.15, 0.2) is 53.7 Å². The maximum absolute atomic E-state index is 12.5. The van der Waals surface area contributed by atoms with E-state index in [9.17, 15) is 17.6 Å². The number of rotatable bonds is 6. The summed E-state index contributed by atoms with van der Waals surface area (Å²) in [4.78, 5) is 5.02. The van der Waals surface area contributed by atoms with Gasteiger partial charge in [0.25, 0.3) is 12.9 Å². The average Bonchev–Trinajstić information content (AvgIpc) is 2.52. The van der Waals surface area contributed by atoms with Crippen LogP contribution in [-0.4, -0.2) is 6.21 Å². The molecule has 116 valence electrons. The van der Waals surface area contributed by atoms with Crippen molar-refractivity contribution in [3.8, 4) is 0 Å². The van der Waals surface area contributed by atoms with Crippen molar-refractivity contribution >= 4 is 6.21 Å². The van der Waals surface area contributed by atoms with E-state index in [0.29, 0.717) is 11.1 Å². The van der Waals surface area contributed by atoms with E-state index >= 15 is 0 Å². The second-order valence-electron chi connectivity index (χ2n) is 4.52. The summed E-state index contributed by atoms with van der Waals surface area (Å²) in [5, 5.41) is 3.68. The topological polar surface area (TPSA) is 21.6 Å². The van der Waals surface area contributed by atoms with Crippen LogP contribution in [0.2, 0.25) is 0 Å². The fraction of sp³-hybridized carbons (Fsp3) is 0.188. The Hall–Kier alpha value is -2.37. The second-order valence-corrected chi connectivity index (χ2v) is 4.52. The molecule has 0 heterocycles. The van der Waals surface area contributed by atoms with Gasteiger partial charge in [-0.05, 0) is 17.2 Å². The number of oxime groups is 1. The molecule has 2 aromatic rings. The van der Waals surface area contributed by atoms with Crippen molar-refractivity contribution in [2.75, 3.05) is 0 Å². The Morgan fingerprint density at radius 1 is 0.909 bits per heavy atom. The summed E-state index contributed by atoms with van der Waals surface area (Å²) in [6.45, 7) is 0.106. The van der Waals surface area contributed by atoms with E-state index in [-0.39, 0.29) is 17.7 Å². The van der Waals surface area contributed by atoms with Gasteiger partial charge in [0.1, 0.15) is 6.61 Å². The zero-order valence-corrected chi connectivity index (χ0v) is 11.4. The molecule has 0 saturated carbocycles. The average molecular weight is 311 g/mol. The molecular weight excluding hydrogens is 298 g/mol. The summed E-state index contributed by atoms with van der Waals surface area (Å²) >= 11 is 0. The van der Waals surface area contributed by atoms with Crippen LogP contribution in [0.3, 0.4) is 0 Å². The van der Waals surface area contributed by atoms with E-state index in [2.05, 4.69) is 5.16 Å². The molecule has 0 bridgehead atoms. The smallest absolute Gasteiger partial charge is 0.263 e. The minimum absolute atomic E-state index is 0.0592. The molecule has 0 unspecified atom stereocenters. The van der Waals surface area contributed by atoms with Crippen molar-refractivity contribution < 1.29 is 22.4 Å². The first-order chi connectivity index (χ1) is 10.6. The lowest BCUT2D eigenvalue weighted by Gasteiger charge is -2.03. The van der Waals surface area contributed by atoms with Crippen LogP contribution in [-0.2, 0) is 11.4 Å². The molecule has 0 saturated heterocycles. The monoisotopic (exact) mass is 311 g/mol. The lowest BCUT2D eigenvalue weighted by molar-refractivity contribution is 0.131. The van der Waals surface area contributed by atoms with E-state index in [1.54, 1.807) is 6.07 Å². The van der Waals surface area contributed by atoms with Crippen LogP contribution < -0.4 is 0 Å². The summed E-state index contributed by atoms with van der Waals surface area (Å²) in [5.41, 5.74) is 1.02. The molecule has 0 aliphatic carbocycles. The molecule has 0 radical (unpaired) electrons. The maximum atomic E-state index is 12.5. The normalized spacial score (nSPS) is 11.5. The Labute approximate surface area is 125 Å². The first kappa shape index (κ1) is 16.0. The number of alkyl halides is 4. The Morgan fingerprint density at radius 2 is 1.59 bits per heavy atom. The first-order valence-electron chi connectivity index (χ1n) is 6.46. The van der Waals surface area contributed by atoms with Crippen LogP contribution >= 0.6 is 0 Å². The molecule has 0 aliphatic heterocycles. The molecule has 2 nitrogen and oxygen atoms in total. The summed E-state index contributed by atoms with van der Waals surface area (Å²) in [6.07, 6.45) is -3.72. The molecule has 0 aromatic heterocycles. The number of nitrogens with zero attached hydrogens (tertiary/aromatic N) is 1. The fourth-order valence-electron chi connectivity index (χ4n) is 1.74. The molecule has 2 aromatic carbocycles. The zero-order chi connectivity index (χ0) is 15.9. The lowest BCUT2D eigenvalue weighted by Crippen LogP contribution is -1.91. The van der Waals surface area contributed by atoms with Crippen molar-refractivity contribution in [3.63, 3.8) is 0 Å². The van der Waals surface area contributed by atoms with E-state index in [0.717, 1.165) is 0 Å². The summed E-state index contributed by atoms with van der Waals surface area (Å²) in [6, 6.07) is 11.5. The number of hydrogen-bond donors (Lipinski definition) is 0. The number of benzene rings is 2. The largest absolute Gasteiger partial charge is 0.391 e. The zero-order valence-electron chi connectivity index (χ0n) is 11.4. The van der Waals surface area contributed by atoms with Crippen molar-refractivity contribution in [2.45, 2.75) is 19.5 Å². The third kappa shape index (κ3) is 4.58. The van der Waals surface area contributed by atoms with Crippen molar-refractivity contribution in [1.29, 1.82) is 0 Å². The summed E-state index contributed by atoms with van der Waals surface area (Å²) in [7, 11) is 0. The Kier molecular flexibility index (Phi) is 5.52. The van der Waals surface area contributed by atoms with Gasteiger partial charge in [0.15, 0.2) is 0 Å². The van der Waals surface area contributed by atoms with Gasteiger partial charge in [0.05, 0.1) is 6.21 Å². The molecule has 0 amide bonds. The Bertz CT molecular complexity index is 626. The van der Waals surface area contributed by atoms with Gasteiger partial charge in [-0.25, -0.2) is 17.6 Å². The van der Waals surface area contributed by atoms with Crippen molar-refractivity contribution in [1.82, 2.24) is 0 Å². The number of halogens is 4. The van der Waals surface area contributed by atoms with Gasteiger partial charge in [-0.15, -0.1) is 0 Å². The molecule has 0 aliphatic rings. The van der Waals surface area contributed by atoms with Crippen LogP contribution in [0.5, 0.6) is 0 Å². The highest BCUT2D eigenvalue weighted by Gasteiger charge is 2.06. The van der Waals surface area contributed by atoms with Gasteiger partial charge in [-0.3, -0.25) is 0 Å². The third-order valence-corrected chi connectivity index (χ3v) is 2.90. The summed E-state index contributed by atoms with van der Waals surface area (Å²) < 4.78 is 49.8. The first-order valence-corrected chi connectivity index (χ1v) is 6.46.